The first-order valence-electron chi connectivity index (χ1n) is 8.72. The van der Waals surface area contributed by atoms with Crippen LogP contribution in [0.2, 0.25) is 0 Å². The van der Waals surface area contributed by atoms with E-state index in [4.69, 9.17) is 10.00 Å². The third-order valence-corrected chi connectivity index (χ3v) is 5.11. The average Bonchev–Trinajstić information content (AvgIpc) is 3.26. The summed E-state index contributed by atoms with van der Waals surface area (Å²) in [4.78, 5) is 19.4. The lowest BCUT2D eigenvalue weighted by Crippen LogP contribution is -2.36. The number of rotatable bonds is 4. The van der Waals surface area contributed by atoms with Crippen LogP contribution in [0.5, 0.6) is 0 Å². The maximum atomic E-state index is 12.9. The number of methoxy groups -OCH3 is 1. The Labute approximate surface area is 152 Å². The minimum absolute atomic E-state index is 0.0376. The highest BCUT2D eigenvalue weighted by molar-refractivity contribution is 5.99. The van der Waals surface area contributed by atoms with Crippen molar-refractivity contribution in [2.24, 2.45) is 0 Å². The number of nitrogens with zero attached hydrogens (tertiary/aromatic N) is 3. The standard InChI is InChI=1S/C20H20N4O2/c1-26-12-16-7-17(10-22-16)24-11-19-18(20(24)25)6-15(9-23-19)14-4-2-3-13(5-14)8-21/h2-6,9,16-17,22H,7,10-12H2,1H3/t16-,17+/m0/s1. The van der Waals surface area contributed by atoms with Crippen LogP contribution in [0.4, 0.5) is 0 Å². The minimum atomic E-state index is 0.0376. The Morgan fingerprint density at radius 2 is 2.27 bits per heavy atom. The molecule has 0 radical (unpaired) electrons. The van der Waals surface area contributed by atoms with Crippen LogP contribution in [0.1, 0.15) is 28.0 Å². The molecule has 2 atom stereocenters. The van der Waals surface area contributed by atoms with E-state index in [-0.39, 0.29) is 11.9 Å². The zero-order valence-electron chi connectivity index (χ0n) is 14.6. The van der Waals surface area contributed by atoms with Crippen LogP contribution < -0.4 is 5.32 Å². The van der Waals surface area contributed by atoms with E-state index >= 15 is 0 Å². The molecule has 26 heavy (non-hydrogen) atoms. The summed E-state index contributed by atoms with van der Waals surface area (Å²) in [5.74, 6) is 0.0376. The van der Waals surface area contributed by atoms with Crippen LogP contribution in [0.25, 0.3) is 11.1 Å². The van der Waals surface area contributed by atoms with Crippen LogP contribution in [0.3, 0.4) is 0 Å². The molecule has 1 fully saturated rings. The average molecular weight is 348 g/mol. The Kier molecular flexibility index (Phi) is 4.41. The molecule has 1 N–H and O–H groups in total. The zero-order chi connectivity index (χ0) is 18.1. The van der Waals surface area contributed by atoms with Crippen LogP contribution in [-0.4, -0.2) is 48.1 Å². The number of nitriles is 1. The molecular weight excluding hydrogens is 328 g/mol. The van der Waals surface area contributed by atoms with Crippen molar-refractivity contribution in [2.45, 2.75) is 25.0 Å². The molecule has 0 spiro atoms. The summed E-state index contributed by atoms with van der Waals surface area (Å²) in [5, 5.41) is 12.5. The molecule has 0 aliphatic carbocycles. The predicted molar refractivity (Wildman–Crippen MR) is 96.3 cm³/mol. The van der Waals surface area contributed by atoms with Crippen molar-refractivity contribution in [3.8, 4) is 17.2 Å². The second kappa shape index (κ2) is 6.87. The minimum Gasteiger partial charge on any atom is -0.383 e. The van der Waals surface area contributed by atoms with Gasteiger partial charge in [0, 0.05) is 37.5 Å². The molecule has 132 valence electrons. The second-order valence-corrected chi connectivity index (χ2v) is 6.79. The molecule has 2 aliphatic rings. The Bertz CT molecular complexity index is 890. The van der Waals surface area contributed by atoms with E-state index in [1.54, 1.807) is 19.4 Å². The van der Waals surface area contributed by atoms with Crippen molar-refractivity contribution in [1.29, 1.82) is 5.26 Å². The molecule has 6 heteroatoms. The molecule has 1 saturated heterocycles. The molecule has 1 amide bonds. The maximum absolute atomic E-state index is 12.9. The third-order valence-electron chi connectivity index (χ3n) is 5.11. The van der Waals surface area contributed by atoms with E-state index in [2.05, 4.69) is 16.4 Å². The quantitative estimate of drug-likeness (QED) is 0.914. The van der Waals surface area contributed by atoms with Gasteiger partial charge in [-0.3, -0.25) is 9.78 Å². The fourth-order valence-corrected chi connectivity index (χ4v) is 3.78. The summed E-state index contributed by atoms with van der Waals surface area (Å²) in [6.07, 6.45) is 2.68. The molecular formula is C20H20N4O2. The monoisotopic (exact) mass is 348 g/mol. The molecule has 0 bridgehead atoms. The van der Waals surface area contributed by atoms with Crippen LogP contribution >= 0.6 is 0 Å². The van der Waals surface area contributed by atoms with Gasteiger partial charge in [-0.05, 0) is 30.2 Å². The lowest BCUT2D eigenvalue weighted by atomic mass is 10.0. The molecule has 6 nitrogen and oxygen atoms in total. The first-order valence-corrected chi connectivity index (χ1v) is 8.72. The molecule has 2 aromatic rings. The third kappa shape index (κ3) is 2.96. The summed E-state index contributed by atoms with van der Waals surface area (Å²) in [5.41, 5.74) is 3.84. The summed E-state index contributed by atoms with van der Waals surface area (Å²) in [6.45, 7) is 1.99. The van der Waals surface area contributed by atoms with E-state index < -0.39 is 0 Å². The normalized spacial score (nSPS) is 21.7. The number of carbonyl (C=O) groups excluding carboxylic acids is 1. The molecule has 0 saturated carbocycles. The van der Waals surface area contributed by atoms with Crippen LogP contribution in [0.15, 0.2) is 36.5 Å². The van der Waals surface area contributed by atoms with Gasteiger partial charge in [0.25, 0.3) is 5.91 Å². The zero-order valence-corrected chi connectivity index (χ0v) is 14.6. The van der Waals surface area contributed by atoms with E-state index in [9.17, 15) is 4.79 Å². The Morgan fingerprint density at radius 1 is 1.38 bits per heavy atom. The Balaban J connectivity index is 1.57. The van der Waals surface area contributed by atoms with Gasteiger partial charge in [0.15, 0.2) is 0 Å². The first kappa shape index (κ1) is 16.7. The smallest absolute Gasteiger partial charge is 0.256 e. The summed E-state index contributed by atoms with van der Waals surface area (Å²) >= 11 is 0. The molecule has 0 unspecified atom stereocenters. The lowest BCUT2D eigenvalue weighted by molar-refractivity contribution is 0.0711. The van der Waals surface area contributed by atoms with E-state index in [1.165, 1.54) is 0 Å². The van der Waals surface area contributed by atoms with Crippen molar-refractivity contribution in [3.05, 3.63) is 53.3 Å². The largest absolute Gasteiger partial charge is 0.383 e. The number of aromatic nitrogens is 1. The van der Waals surface area contributed by atoms with E-state index in [0.29, 0.717) is 30.3 Å². The number of ether oxygens (including phenoxy) is 1. The fraction of sp³-hybridized carbons (Fsp3) is 0.350. The second-order valence-electron chi connectivity index (χ2n) is 6.79. The van der Waals surface area contributed by atoms with Gasteiger partial charge in [0.05, 0.1) is 36.0 Å². The number of nitrogens with one attached hydrogen (secondary N) is 1. The number of benzene rings is 1. The van der Waals surface area contributed by atoms with Gasteiger partial charge < -0.3 is 15.0 Å². The number of carbonyl (C=O) groups is 1. The van der Waals surface area contributed by atoms with Crippen molar-refractivity contribution in [2.75, 3.05) is 20.3 Å². The fourth-order valence-electron chi connectivity index (χ4n) is 3.78. The van der Waals surface area contributed by atoms with Gasteiger partial charge >= 0.3 is 0 Å². The lowest BCUT2D eigenvalue weighted by Gasteiger charge is -2.22. The molecule has 1 aromatic heterocycles. The van der Waals surface area contributed by atoms with Gasteiger partial charge in [-0.15, -0.1) is 0 Å². The van der Waals surface area contributed by atoms with E-state index in [0.717, 1.165) is 29.8 Å². The van der Waals surface area contributed by atoms with Gasteiger partial charge in [-0.25, -0.2) is 0 Å². The van der Waals surface area contributed by atoms with Gasteiger partial charge in [0.2, 0.25) is 0 Å². The van der Waals surface area contributed by atoms with Crippen molar-refractivity contribution in [1.82, 2.24) is 15.2 Å². The van der Waals surface area contributed by atoms with Gasteiger partial charge in [-0.2, -0.15) is 5.26 Å². The molecule has 4 rings (SSSR count). The number of pyridine rings is 1. The Morgan fingerprint density at radius 3 is 3.08 bits per heavy atom. The SMILES string of the molecule is COC[C@@H]1C[C@@H](N2Cc3ncc(-c4cccc(C#N)c4)cc3C2=O)CN1. The number of fused-ring (bicyclic) bond motifs is 1. The number of hydrogen-bond donors (Lipinski definition) is 1. The summed E-state index contributed by atoms with van der Waals surface area (Å²) < 4.78 is 5.21. The van der Waals surface area contributed by atoms with Gasteiger partial charge in [-0.1, -0.05) is 12.1 Å². The van der Waals surface area contributed by atoms with Crippen molar-refractivity contribution in [3.63, 3.8) is 0 Å². The maximum Gasteiger partial charge on any atom is 0.256 e. The molecule has 2 aliphatic heterocycles. The van der Waals surface area contributed by atoms with Gasteiger partial charge in [0.1, 0.15) is 0 Å². The van der Waals surface area contributed by atoms with Crippen LogP contribution in [0, 0.1) is 11.3 Å². The first-order chi connectivity index (χ1) is 12.7. The highest BCUT2D eigenvalue weighted by Gasteiger charge is 2.37. The van der Waals surface area contributed by atoms with Crippen molar-refractivity contribution < 1.29 is 9.53 Å². The van der Waals surface area contributed by atoms with E-state index in [1.807, 2.05) is 29.2 Å². The Hall–Kier alpha value is -2.75. The summed E-state index contributed by atoms with van der Waals surface area (Å²) in [7, 11) is 1.69. The highest BCUT2D eigenvalue weighted by Crippen LogP contribution is 2.30. The molecule has 3 heterocycles. The number of hydrogen-bond acceptors (Lipinski definition) is 5. The summed E-state index contributed by atoms with van der Waals surface area (Å²) in [6, 6.07) is 11.9. The highest BCUT2D eigenvalue weighted by atomic mass is 16.5. The predicted octanol–water partition coefficient (Wildman–Crippen LogP) is 1.95. The topological polar surface area (TPSA) is 78.2 Å². The number of amides is 1. The van der Waals surface area contributed by atoms with Crippen LogP contribution in [-0.2, 0) is 11.3 Å². The van der Waals surface area contributed by atoms with Crippen molar-refractivity contribution >= 4 is 5.91 Å². The molecule has 1 aromatic carbocycles.